The van der Waals surface area contributed by atoms with Crippen molar-refractivity contribution in [2.75, 3.05) is 30.4 Å². The predicted molar refractivity (Wildman–Crippen MR) is 97.6 cm³/mol. The molecular formula is C16H22N6O4S. The van der Waals surface area contributed by atoms with Crippen molar-refractivity contribution in [2.24, 2.45) is 7.05 Å². The quantitative estimate of drug-likeness (QED) is 0.738. The number of anilines is 1. The second-order valence-electron chi connectivity index (χ2n) is 6.76. The van der Waals surface area contributed by atoms with E-state index < -0.39 is 27.0 Å². The van der Waals surface area contributed by atoms with Gasteiger partial charge in [-0.25, -0.2) is 8.42 Å². The van der Waals surface area contributed by atoms with Gasteiger partial charge < -0.3 is 10.2 Å². The first-order valence-electron chi connectivity index (χ1n) is 8.46. The van der Waals surface area contributed by atoms with Crippen molar-refractivity contribution in [3.63, 3.8) is 0 Å². The van der Waals surface area contributed by atoms with Crippen LogP contribution in [0.4, 0.5) is 5.82 Å². The number of aryl methyl sites for hydroxylation is 1. The molecule has 2 amide bonds. The van der Waals surface area contributed by atoms with Gasteiger partial charge in [0.2, 0.25) is 5.91 Å². The second kappa shape index (κ2) is 7.14. The van der Waals surface area contributed by atoms with Gasteiger partial charge in [0.05, 0.1) is 0 Å². The summed E-state index contributed by atoms with van der Waals surface area (Å²) in [7, 11) is -1.64. The maximum Gasteiger partial charge on any atom is 0.253 e. The standard InChI is InChI=1S/C16H22N6O4S/c1-20-9-4-13(19-20)18-15(24)16(22-8-3-7-17-22)5-10-21(11-6-16)14(23)12-27(2,25)26/h3-4,7-9H,5-6,10-12H2,1-2H3,(H,18,19,24). The van der Waals surface area contributed by atoms with Crippen molar-refractivity contribution < 1.29 is 18.0 Å². The normalized spacial score (nSPS) is 16.9. The van der Waals surface area contributed by atoms with Gasteiger partial charge >= 0.3 is 0 Å². The molecular weight excluding hydrogens is 372 g/mol. The smallest absolute Gasteiger partial charge is 0.253 e. The molecule has 1 fully saturated rings. The Hall–Kier alpha value is -2.69. The molecule has 27 heavy (non-hydrogen) atoms. The third-order valence-electron chi connectivity index (χ3n) is 4.65. The molecule has 0 unspecified atom stereocenters. The predicted octanol–water partition coefficient (Wildman–Crippen LogP) is -0.382. The van der Waals surface area contributed by atoms with Crippen molar-refractivity contribution >= 4 is 27.5 Å². The Bertz CT molecular complexity index is 926. The zero-order valence-corrected chi connectivity index (χ0v) is 16.0. The fraction of sp³-hybridized carbons (Fsp3) is 0.500. The third-order valence-corrected chi connectivity index (χ3v) is 5.42. The van der Waals surface area contributed by atoms with Crippen LogP contribution < -0.4 is 5.32 Å². The van der Waals surface area contributed by atoms with Crippen LogP contribution in [0, 0.1) is 0 Å². The topological polar surface area (TPSA) is 119 Å². The molecule has 0 bridgehead atoms. The molecule has 1 aliphatic heterocycles. The van der Waals surface area contributed by atoms with Gasteiger partial charge in [0.1, 0.15) is 11.3 Å². The summed E-state index contributed by atoms with van der Waals surface area (Å²) in [4.78, 5) is 26.8. The molecule has 0 radical (unpaired) electrons. The summed E-state index contributed by atoms with van der Waals surface area (Å²) in [6.07, 6.45) is 6.71. The Morgan fingerprint density at radius 3 is 2.48 bits per heavy atom. The lowest BCUT2D eigenvalue weighted by Crippen LogP contribution is -2.55. The van der Waals surface area contributed by atoms with Crippen LogP contribution in [0.25, 0.3) is 0 Å². The molecule has 146 valence electrons. The van der Waals surface area contributed by atoms with Gasteiger partial charge in [-0.15, -0.1) is 0 Å². The summed E-state index contributed by atoms with van der Waals surface area (Å²) in [6, 6.07) is 3.43. The highest BCUT2D eigenvalue weighted by Crippen LogP contribution is 2.31. The van der Waals surface area contributed by atoms with E-state index in [1.165, 1.54) is 4.90 Å². The zero-order valence-electron chi connectivity index (χ0n) is 15.2. The molecule has 0 spiro atoms. The van der Waals surface area contributed by atoms with Gasteiger partial charge in [-0.2, -0.15) is 10.2 Å². The number of hydrogen-bond donors (Lipinski definition) is 1. The van der Waals surface area contributed by atoms with Crippen LogP contribution in [0.1, 0.15) is 12.8 Å². The molecule has 0 saturated carbocycles. The first-order chi connectivity index (χ1) is 12.7. The highest BCUT2D eigenvalue weighted by molar-refractivity contribution is 7.91. The fourth-order valence-corrected chi connectivity index (χ4v) is 3.87. The van der Waals surface area contributed by atoms with Crippen molar-refractivity contribution in [2.45, 2.75) is 18.4 Å². The van der Waals surface area contributed by atoms with Gasteiger partial charge in [0.15, 0.2) is 15.7 Å². The zero-order chi connectivity index (χ0) is 19.7. The third kappa shape index (κ3) is 4.18. The number of hydrogen-bond acceptors (Lipinski definition) is 6. The van der Waals surface area contributed by atoms with E-state index in [4.69, 9.17) is 0 Å². The number of nitrogens with one attached hydrogen (secondary N) is 1. The maximum absolute atomic E-state index is 13.1. The summed E-state index contributed by atoms with van der Waals surface area (Å²) >= 11 is 0. The molecule has 0 aromatic carbocycles. The van der Waals surface area contributed by atoms with Crippen molar-refractivity contribution in [1.82, 2.24) is 24.5 Å². The lowest BCUT2D eigenvalue weighted by Gasteiger charge is -2.40. The van der Waals surface area contributed by atoms with Crippen LogP contribution in [0.5, 0.6) is 0 Å². The first kappa shape index (κ1) is 19.1. The summed E-state index contributed by atoms with van der Waals surface area (Å²) < 4.78 is 25.9. The average molecular weight is 394 g/mol. The minimum atomic E-state index is -3.40. The number of amides is 2. The molecule has 11 heteroatoms. The van der Waals surface area contributed by atoms with Crippen LogP contribution in [-0.4, -0.2) is 69.8 Å². The number of likely N-dealkylation sites (tertiary alicyclic amines) is 1. The monoisotopic (exact) mass is 394 g/mol. The number of sulfone groups is 1. The van der Waals surface area contributed by atoms with Crippen molar-refractivity contribution in [1.29, 1.82) is 0 Å². The van der Waals surface area contributed by atoms with E-state index in [2.05, 4.69) is 15.5 Å². The molecule has 2 aromatic rings. The minimum Gasteiger partial charge on any atom is -0.342 e. The Kier molecular flexibility index (Phi) is 5.05. The van der Waals surface area contributed by atoms with Gasteiger partial charge in [-0.1, -0.05) is 0 Å². The van der Waals surface area contributed by atoms with Gasteiger partial charge in [0.25, 0.3) is 5.91 Å². The number of piperidine rings is 1. The molecule has 1 saturated heterocycles. The molecule has 2 aromatic heterocycles. The largest absolute Gasteiger partial charge is 0.342 e. The number of carbonyl (C=O) groups excluding carboxylic acids is 2. The molecule has 3 heterocycles. The van der Waals surface area contributed by atoms with E-state index >= 15 is 0 Å². The van der Waals surface area contributed by atoms with E-state index in [9.17, 15) is 18.0 Å². The van der Waals surface area contributed by atoms with Crippen LogP contribution in [0.3, 0.4) is 0 Å². The highest BCUT2D eigenvalue weighted by atomic mass is 32.2. The van der Waals surface area contributed by atoms with Crippen molar-refractivity contribution in [3.8, 4) is 0 Å². The van der Waals surface area contributed by atoms with Crippen LogP contribution in [0.15, 0.2) is 30.7 Å². The van der Waals surface area contributed by atoms with Crippen molar-refractivity contribution in [3.05, 3.63) is 30.7 Å². The first-order valence-corrected chi connectivity index (χ1v) is 10.5. The van der Waals surface area contributed by atoms with E-state index in [-0.39, 0.29) is 19.0 Å². The summed E-state index contributed by atoms with van der Waals surface area (Å²) in [5.41, 5.74) is -0.969. The summed E-state index contributed by atoms with van der Waals surface area (Å²) in [5.74, 6) is -0.802. The van der Waals surface area contributed by atoms with Crippen LogP contribution in [-0.2, 0) is 32.0 Å². The Morgan fingerprint density at radius 2 is 1.96 bits per heavy atom. The fourth-order valence-electron chi connectivity index (χ4n) is 3.24. The van der Waals surface area contributed by atoms with Crippen LogP contribution in [0.2, 0.25) is 0 Å². The number of rotatable bonds is 5. The molecule has 1 N–H and O–H groups in total. The second-order valence-corrected chi connectivity index (χ2v) is 8.90. The van der Waals surface area contributed by atoms with E-state index in [0.717, 1.165) is 6.26 Å². The Balaban J connectivity index is 1.78. The lowest BCUT2D eigenvalue weighted by atomic mass is 9.86. The summed E-state index contributed by atoms with van der Waals surface area (Å²) in [6.45, 7) is 0.535. The van der Waals surface area contributed by atoms with Crippen LogP contribution >= 0.6 is 0 Å². The Labute approximate surface area is 157 Å². The van der Waals surface area contributed by atoms with Gasteiger partial charge in [-0.3, -0.25) is 19.0 Å². The van der Waals surface area contributed by atoms with Gasteiger partial charge in [-0.05, 0) is 18.9 Å². The van der Waals surface area contributed by atoms with E-state index in [1.54, 1.807) is 47.1 Å². The van der Waals surface area contributed by atoms with Gasteiger partial charge in [0, 0.05) is 51.0 Å². The highest BCUT2D eigenvalue weighted by Gasteiger charge is 2.45. The molecule has 3 rings (SSSR count). The number of nitrogens with zero attached hydrogens (tertiary/aromatic N) is 5. The van der Waals surface area contributed by atoms with E-state index in [0.29, 0.717) is 18.7 Å². The average Bonchev–Trinajstić information content (AvgIpc) is 3.25. The van der Waals surface area contributed by atoms with E-state index in [1.807, 2.05) is 0 Å². The Morgan fingerprint density at radius 1 is 1.26 bits per heavy atom. The molecule has 10 nitrogen and oxygen atoms in total. The molecule has 0 atom stereocenters. The lowest BCUT2D eigenvalue weighted by molar-refractivity contribution is -0.135. The SMILES string of the molecule is Cn1ccc(NC(=O)C2(n3cccn3)CCN(C(=O)CS(C)(=O)=O)CC2)n1. The maximum atomic E-state index is 13.1. The minimum absolute atomic E-state index is 0.264. The molecule has 0 aliphatic carbocycles. The summed E-state index contributed by atoms with van der Waals surface area (Å²) in [5, 5.41) is 11.2. The number of carbonyl (C=O) groups is 2. The molecule has 1 aliphatic rings. The number of aromatic nitrogens is 4.